The molecule has 3 rings (SSSR count). The van der Waals surface area contributed by atoms with Gasteiger partial charge in [0.1, 0.15) is 0 Å². The Bertz CT molecular complexity index is 786. The van der Waals surface area contributed by atoms with E-state index >= 15 is 0 Å². The molecular formula is C21H24N2O3. The number of carboxylic acid groups (broad SMARTS) is 1. The lowest BCUT2D eigenvalue weighted by Crippen LogP contribution is -2.35. The van der Waals surface area contributed by atoms with Crippen molar-refractivity contribution in [2.75, 3.05) is 26.2 Å². The summed E-state index contributed by atoms with van der Waals surface area (Å²) in [4.78, 5) is 27.9. The van der Waals surface area contributed by atoms with Crippen molar-refractivity contribution in [3.63, 3.8) is 0 Å². The third kappa shape index (κ3) is 4.49. The molecule has 0 radical (unpaired) electrons. The molecule has 1 aliphatic heterocycles. The van der Waals surface area contributed by atoms with Gasteiger partial charge in [0, 0.05) is 38.3 Å². The van der Waals surface area contributed by atoms with E-state index in [2.05, 4.69) is 4.90 Å². The molecule has 1 fully saturated rings. The highest BCUT2D eigenvalue weighted by atomic mass is 16.4. The zero-order chi connectivity index (χ0) is 18.5. The summed E-state index contributed by atoms with van der Waals surface area (Å²) in [6.07, 6.45) is 0.935. The second-order valence-electron chi connectivity index (χ2n) is 6.79. The zero-order valence-electron chi connectivity index (χ0n) is 15.0. The van der Waals surface area contributed by atoms with Gasteiger partial charge < -0.3 is 10.0 Å². The second kappa shape index (κ2) is 8.15. The highest BCUT2D eigenvalue weighted by molar-refractivity contribution is 5.94. The van der Waals surface area contributed by atoms with Crippen LogP contribution >= 0.6 is 0 Å². The van der Waals surface area contributed by atoms with E-state index < -0.39 is 5.97 Å². The number of amides is 1. The van der Waals surface area contributed by atoms with Gasteiger partial charge in [0.2, 0.25) is 0 Å². The minimum Gasteiger partial charge on any atom is -0.478 e. The zero-order valence-corrected chi connectivity index (χ0v) is 15.0. The van der Waals surface area contributed by atoms with Gasteiger partial charge in [-0.2, -0.15) is 0 Å². The molecule has 0 unspecified atom stereocenters. The molecule has 136 valence electrons. The van der Waals surface area contributed by atoms with Crippen molar-refractivity contribution < 1.29 is 14.7 Å². The minimum absolute atomic E-state index is 0.0985. The molecule has 1 saturated heterocycles. The van der Waals surface area contributed by atoms with Gasteiger partial charge in [-0.25, -0.2) is 4.79 Å². The van der Waals surface area contributed by atoms with Crippen LogP contribution in [0.1, 0.15) is 38.3 Å². The number of carbonyl (C=O) groups excluding carboxylic acids is 1. The Morgan fingerprint density at radius 2 is 1.73 bits per heavy atom. The Kier molecular flexibility index (Phi) is 5.68. The van der Waals surface area contributed by atoms with Crippen LogP contribution in [-0.4, -0.2) is 53.0 Å². The molecule has 5 nitrogen and oxygen atoms in total. The fourth-order valence-electron chi connectivity index (χ4n) is 3.30. The number of carbonyl (C=O) groups is 2. The monoisotopic (exact) mass is 352 g/mol. The highest BCUT2D eigenvalue weighted by Crippen LogP contribution is 2.13. The summed E-state index contributed by atoms with van der Waals surface area (Å²) in [6, 6.07) is 14.8. The molecule has 2 aromatic carbocycles. The summed E-state index contributed by atoms with van der Waals surface area (Å²) in [5, 5.41) is 8.98. The second-order valence-corrected chi connectivity index (χ2v) is 6.79. The van der Waals surface area contributed by atoms with Gasteiger partial charge in [0.25, 0.3) is 5.91 Å². The predicted octanol–water partition coefficient (Wildman–Crippen LogP) is 3.04. The lowest BCUT2D eigenvalue weighted by atomic mass is 10.1. The van der Waals surface area contributed by atoms with Crippen molar-refractivity contribution in [3.05, 3.63) is 70.8 Å². The maximum atomic E-state index is 12.7. The summed E-state index contributed by atoms with van der Waals surface area (Å²) >= 11 is 0. The number of carboxylic acids is 1. The average Bonchev–Trinajstić information content (AvgIpc) is 2.87. The van der Waals surface area contributed by atoms with E-state index in [1.807, 2.05) is 48.2 Å². The van der Waals surface area contributed by atoms with Gasteiger partial charge >= 0.3 is 5.97 Å². The lowest BCUT2D eigenvalue weighted by Gasteiger charge is -2.22. The van der Waals surface area contributed by atoms with E-state index in [1.165, 1.54) is 0 Å². The highest BCUT2D eigenvalue weighted by Gasteiger charge is 2.20. The van der Waals surface area contributed by atoms with E-state index in [-0.39, 0.29) is 5.91 Å². The lowest BCUT2D eigenvalue weighted by molar-refractivity contribution is 0.0695. The van der Waals surface area contributed by atoms with Gasteiger partial charge in [0.05, 0.1) is 5.56 Å². The number of rotatable bonds is 4. The number of aryl methyl sites for hydroxylation is 1. The summed E-state index contributed by atoms with van der Waals surface area (Å²) < 4.78 is 0. The summed E-state index contributed by atoms with van der Waals surface area (Å²) in [6.45, 7) is 5.99. The molecule has 1 heterocycles. The number of hydrogen-bond acceptors (Lipinski definition) is 3. The first-order valence-corrected chi connectivity index (χ1v) is 8.93. The van der Waals surface area contributed by atoms with Crippen LogP contribution < -0.4 is 0 Å². The molecule has 1 aliphatic rings. The summed E-state index contributed by atoms with van der Waals surface area (Å²) in [5.41, 5.74) is 3.24. The van der Waals surface area contributed by atoms with E-state index in [0.717, 1.165) is 49.3 Å². The van der Waals surface area contributed by atoms with Gasteiger partial charge in [0.15, 0.2) is 0 Å². The van der Waals surface area contributed by atoms with E-state index in [9.17, 15) is 9.59 Å². The van der Waals surface area contributed by atoms with Crippen molar-refractivity contribution >= 4 is 11.9 Å². The van der Waals surface area contributed by atoms with E-state index in [0.29, 0.717) is 12.1 Å². The molecule has 1 N–H and O–H groups in total. The smallest absolute Gasteiger partial charge is 0.335 e. The maximum Gasteiger partial charge on any atom is 0.335 e. The summed E-state index contributed by atoms with van der Waals surface area (Å²) in [7, 11) is 0. The van der Waals surface area contributed by atoms with Gasteiger partial charge in [-0.05, 0) is 43.2 Å². The van der Waals surface area contributed by atoms with Crippen molar-refractivity contribution in [1.82, 2.24) is 9.80 Å². The van der Waals surface area contributed by atoms with Gasteiger partial charge in [-0.15, -0.1) is 0 Å². The molecule has 26 heavy (non-hydrogen) atoms. The van der Waals surface area contributed by atoms with Crippen LogP contribution in [-0.2, 0) is 6.54 Å². The number of benzene rings is 2. The molecule has 0 aliphatic carbocycles. The normalized spacial score (nSPS) is 15.5. The van der Waals surface area contributed by atoms with Crippen molar-refractivity contribution in [3.8, 4) is 0 Å². The Labute approximate surface area is 153 Å². The quantitative estimate of drug-likeness (QED) is 0.919. The number of aromatic carboxylic acids is 1. The molecular weight excluding hydrogens is 328 g/mol. The third-order valence-electron chi connectivity index (χ3n) is 4.75. The largest absolute Gasteiger partial charge is 0.478 e. The first-order valence-electron chi connectivity index (χ1n) is 8.93. The topological polar surface area (TPSA) is 60.9 Å². The van der Waals surface area contributed by atoms with Crippen molar-refractivity contribution in [2.45, 2.75) is 19.9 Å². The predicted molar refractivity (Wildman–Crippen MR) is 100 cm³/mol. The first kappa shape index (κ1) is 18.1. The number of hydrogen-bond donors (Lipinski definition) is 1. The molecule has 2 aromatic rings. The Morgan fingerprint density at radius 3 is 2.42 bits per heavy atom. The Hall–Kier alpha value is -2.66. The molecule has 0 bridgehead atoms. The van der Waals surface area contributed by atoms with Crippen LogP contribution in [0.5, 0.6) is 0 Å². The molecule has 1 amide bonds. The van der Waals surface area contributed by atoms with Crippen LogP contribution in [0.4, 0.5) is 0 Å². The van der Waals surface area contributed by atoms with E-state index in [1.54, 1.807) is 12.1 Å². The third-order valence-corrected chi connectivity index (χ3v) is 4.75. The molecule has 0 atom stereocenters. The van der Waals surface area contributed by atoms with E-state index in [4.69, 9.17) is 5.11 Å². The molecule has 5 heteroatoms. The minimum atomic E-state index is -0.906. The Balaban J connectivity index is 1.59. The fraction of sp³-hybridized carbons (Fsp3) is 0.333. The van der Waals surface area contributed by atoms with Crippen LogP contribution in [0.2, 0.25) is 0 Å². The van der Waals surface area contributed by atoms with Gasteiger partial charge in [-0.3, -0.25) is 9.69 Å². The maximum absolute atomic E-state index is 12.7. The van der Waals surface area contributed by atoms with Crippen LogP contribution in [0.3, 0.4) is 0 Å². The van der Waals surface area contributed by atoms with Crippen LogP contribution in [0.15, 0.2) is 48.5 Å². The van der Waals surface area contributed by atoms with Crippen molar-refractivity contribution in [2.24, 2.45) is 0 Å². The first-order chi connectivity index (χ1) is 12.5. The van der Waals surface area contributed by atoms with Crippen molar-refractivity contribution in [1.29, 1.82) is 0 Å². The van der Waals surface area contributed by atoms with Crippen LogP contribution in [0.25, 0.3) is 0 Å². The molecule has 0 aromatic heterocycles. The number of nitrogens with zero attached hydrogens (tertiary/aromatic N) is 2. The summed E-state index contributed by atoms with van der Waals surface area (Å²) in [5.74, 6) is -0.807. The fourth-order valence-corrected chi connectivity index (χ4v) is 3.30. The SMILES string of the molecule is Cc1cccc(C(=O)N2CCCN(Cc3ccc(C(=O)O)cc3)CC2)c1. The molecule has 0 saturated carbocycles. The van der Waals surface area contributed by atoms with Crippen LogP contribution in [0, 0.1) is 6.92 Å². The standard InChI is InChI=1S/C21H24N2O3/c1-16-4-2-5-19(14-16)20(24)23-11-3-10-22(12-13-23)15-17-6-8-18(9-7-17)21(25)26/h2,4-9,14H,3,10-13,15H2,1H3,(H,25,26). The Morgan fingerprint density at radius 1 is 0.962 bits per heavy atom. The average molecular weight is 352 g/mol. The van der Waals surface area contributed by atoms with Gasteiger partial charge in [-0.1, -0.05) is 29.8 Å². The molecule has 0 spiro atoms.